The van der Waals surface area contributed by atoms with Gasteiger partial charge in [0.25, 0.3) is 0 Å². The first-order valence-electron chi connectivity index (χ1n) is 5.01. The number of aliphatic hydroxyl groups is 2. The zero-order valence-electron chi connectivity index (χ0n) is 9.39. The number of carboxylic acids is 1. The average Bonchev–Trinajstić information content (AvgIpc) is 2.26. The Labute approximate surface area is 97.7 Å². The molecule has 1 aliphatic carbocycles. The third-order valence-electron chi connectivity index (χ3n) is 2.47. The fourth-order valence-corrected chi connectivity index (χ4v) is 1.69. The van der Waals surface area contributed by atoms with Crippen molar-refractivity contribution in [3.63, 3.8) is 0 Å². The molecule has 0 aromatic rings. The fraction of sp³-hybridized carbons (Fsp3) is 0.600. The topological polar surface area (TPSA) is 116 Å². The lowest BCUT2D eigenvalue weighted by Crippen LogP contribution is -2.43. The van der Waals surface area contributed by atoms with Crippen LogP contribution in [0, 0.1) is 0 Å². The minimum atomic E-state index is -1.56. The van der Waals surface area contributed by atoms with Gasteiger partial charge in [-0.1, -0.05) is 0 Å². The molecule has 96 valence electrons. The number of hydrogen-bond donors (Lipinski definition) is 4. The van der Waals surface area contributed by atoms with Crippen LogP contribution in [0.1, 0.15) is 12.8 Å². The van der Waals surface area contributed by atoms with Crippen molar-refractivity contribution in [3.05, 3.63) is 11.5 Å². The van der Waals surface area contributed by atoms with E-state index in [0.29, 0.717) is 0 Å². The molecule has 1 unspecified atom stereocenters. The van der Waals surface area contributed by atoms with Crippen molar-refractivity contribution < 1.29 is 29.6 Å². The van der Waals surface area contributed by atoms with E-state index < -0.39 is 30.5 Å². The first kappa shape index (κ1) is 13.5. The van der Waals surface area contributed by atoms with E-state index in [0.717, 1.165) is 0 Å². The summed E-state index contributed by atoms with van der Waals surface area (Å²) in [6, 6.07) is 0. The van der Waals surface area contributed by atoms with Gasteiger partial charge in [-0.25, -0.2) is 0 Å². The summed E-state index contributed by atoms with van der Waals surface area (Å²) >= 11 is 0. The van der Waals surface area contributed by atoms with Crippen molar-refractivity contribution in [1.29, 1.82) is 0 Å². The van der Waals surface area contributed by atoms with Gasteiger partial charge in [0.15, 0.2) is 5.76 Å². The number of ether oxygens (including phenoxy) is 1. The molecule has 0 spiro atoms. The van der Waals surface area contributed by atoms with Crippen molar-refractivity contribution in [3.8, 4) is 0 Å². The van der Waals surface area contributed by atoms with E-state index in [1.54, 1.807) is 0 Å². The van der Waals surface area contributed by atoms with Gasteiger partial charge in [-0.3, -0.25) is 9.59 Å². The van der Waals surface area contributed by atoms with Gasteiger partial charge in [0, 0.05) is 12.8 Å². The van der Waals surface area contributed by atoms with Crippen LogP contribution in [-0.4, -0.2) is 52.9 Å². The number of ketones is 1. The monoisotopic (exact) mass is 245 g/mol. The van der Waals surface area contributed by atoms with Gasteiger partial charge in [0.1, 0.15) is 12.1 Å². The van der Waals surface area contributed by atoms with Crippen LogP contribution >= 0.6 is 0 Å². The van der Waals surface area contributed by atoms with E-state index >= 15 is 0 Å². The largest absolute Gasteiger partial charge is 0.491 e. The van der Waals surface area contributed by atoms with E-state index in [4.69, 9.17) is 14.9 Å². The maximum absolute atomic E-state index is 11.6. The Balaban J connectivity index is 2.92. The van der Waals surface area contributed by atoms with E-state index in [9.17, 15) is 14.7 Å². The Morgan fingerprint density at radius 3 is 2.65 bits per heavy atom. The number of aliphatic carboxylic acids is 1. The molecule has 0 aromatic heterocycles. The number of nitrogens with one attached hydrogen (secondary N) is 1. The molecule has 0 saturated heterocycles. The summed E-state index contributed by atoms with van der Waals surface area (Å²) in [5, 5.41) is 29.9. The Kier molecular flexibility index (Phi) is 4.08. The second kappa shape index (κ2) is 5.15. The second-order valence-electron chi connectivity index (χ2n) is 3.92. The predicted octanol–water partition coefficient (Wildman–Crippen LogP) is -1.40. The predicted molar refractivity (Wildman–Crippen MR) is 56.0 cm³/mol. The fourth-order valence-electron chi connectivity index (χ4n) is 1.69. The molecule has 0 amide bonds. The SMILES string of the molecule is COC1=C(NCC(=O)O)CC(O)(CO)CC1=O. The molecular formula is C10H15NO6. The van der Waals surface area contributed by atoms with E-state index in [-0.39, 0.29) is 24.3 Å². The molecule has 7 heteroatoms. The van der Waals surface area contributed by atoms with Crippen LogP contribution in [0.15, 0.2) is 11.5 Å². The highest BCUT2D eigenvalue weighted by Crippen LogP contribution is 2.29. The average molecular weight is 245 g/mol. The standard InChI is InChI=1S/C10H15NO6/c1-17-9-6(11-4-8(14)15)2-10(16,5-12)3-7(9)13/h11-12,16H,2-5H2,1H3,(H,14,15). The Morgan fingerprint density at radius 1 is 1.53 bits per heavy atom. The van der Waals surface area contributed by atoms with E-state index in [1.165, 1.54) is 7.11 Å². The molecule has 0 heterocycles. The third-order valence-corrected chi connectivity index (χ3v) is 2.47. The number of Topliss-reactive ketones (excluding diaryl/α,β-unsaturated/α-hetero) is 1. The summed E-state index contributed by atoms with van der Waals surface area (Å²) in [5.74, 6) is -1.56. The lowest BCUT2D eigenvalue weighted by molar-refractivity contribution is -0.136. The summed E-state index contributed by atoms with van der Waals surface area (Å²) in [4.78, 5) is 22.0. The maximum atomic E-state index is 11.6. The Hall–Kier alpha value is -1.60. The molecule has 7 nitrogen and oxygen atoms in total. The summed E-state index contributed by atoms with van der Waals surface area (Å²) in [6.07, 6.45) is -0.295. The van der Waals surface area contributed by atoms with Gasteiger partial charge in [0.05, 0.1) is 19.4 Å². The molecule has 0 aromatic carbocycles. The molecule has 17 heavy (non-hydrogen) atoms. The van der Waals surface area contributed by atoms with Crippen LogP contribution in [0.25, 0.3) is 0 Å². The van der Waals surface area contributed by atoms with Gasteiger partial charge in [-0.05, 0) is 0 Å². The highest BCUT2D eigenvalue weighted by Gasteiger charge is 2.38. The van der Waals surface area contributed by atoms with Crippen LogP contribution in [0.3, 0.4) is 0 Å². The van der Waals surface area contributed by atoms with Gasteiger partial charge >= 0.3 is 5.97 Å². The van der Waals surface area contributed by atoms with E-state index in [1.807, 2.05) is 0 Å². The van der Waals surface area contributed by atoms with Crippen molar-refractivity contribution in [2.45, 2.75) is 18.4 Å². The quantitative estimate of drug-likeness (QED) is 0.471. The summed E-state index contributed by atoms with van der Waals surface area (Å²) in [6.45, 7) is -0.967. The first-order valence-corrected chi connectivity index (χ1v) is 5.01. The van der Waals surface area contributed by atoms with Crippen LogP contribution in [-0.2, 0) is 14.3 Å². The molecule has 1 aliphatic rings. The smallest absolute Gasteiger partial charge is 0.322 e. The minimum Gasteiger partial charge on any atom is -0.491 e. The van der Waals surface area contributed by atoms with Gasteiger partial charge in [0.2, 0.25) is 5.78 Å². The normalized spacial score (nSPS) is 24.8. The minimum absolute atomic E-state index is 0.00405. The first-order chi connectivity index (χ1) is 7.91. The number of carbonyl (C=O) groups excluding carboxylic acids is 1. The molecule has 1 rings (SSSR count). The van der Waals surface area contributed by atoms with Crippen LogP contribution < -0.4 is 5.32 Å². The zero-order valence-corrected chi connectivity index (χ0v) is 9.39. The summed E-state index contributed by atoms with van der Waals surface area (Å²) in [7, 11) is 1.29. The zero-order chi connectivity index (χ0) is 13.1. The molecule has 0 fully saturated rings. The molecule has 0 aliphatic heterocycles. The molecule has 0 radical (unpaired) electrons. The molecular weight excluding hydrogens is 230 g/mol. The van der Waals surface area contributed by atoms with E-state index in [2.05, 4.69) is 5.32 Å². The number of carboxylic acid groups (broad SMARTS) is 1. The van der Waals surface area contributed by atoms with Crippen molar-refractivity contribution in [1.82, 2.24) is 5.32 Å². The highest BCUT2D eigenvalue weighted by atomic mass is 16.5. The summed E-state index contributed by atoms with van der Waals surface area (Å²) in [5.41, 5.74) is -1.36. The molecule has 0 bridgehead atoms. The molecule has 1 atom stereocenters. The van der Waals surface area contributed by atoms with Crippen LogP contribution in [0.4, 0.5) is 0 Å². The summed E-state index contributed by atoms with van der Waals surface area (Å²) < 4.78 is 4.87. The Morgan fingerprint density at radius 2 is 2.18 bits per heavy atom. The molecule has 4 N–H and O–H groups in total. The molecule has 0 saturated carbocycles. The number of aliphatic hydroxyl groups excluding tert-OH is 1. The lowest BCUT2D eigenvalue weighted by Gasteiger charge is -2.31. The second-order valence-corrected chi connectivity index (χ2v) is 3.92. The van der Waals surface area contributed by atoms with Gasteiger partial charge in [-0.2, -0.15) is 0 Å². The number of rotatable bonds is 5. The number of allylic oxidation sites excluding steroid dienone is 1. The van der Waals surface area contributed by atoms with Crippen LogP contribution in [0.2, 0.25) is 0 Å². The number of carbonyl (C=O) groups is 2. The number of hydrogen-bond acceptors (Lipinski definition) is 6. The van der Waals surface area contributed by atoms with Crippen molar-refractivity contribution in [2.75, 3.05) is 20.3 Å². The van der Waals surface area contributed by atoms with Crippen molar-refractivity contribution >= 4 is 11.8 Å². The van der Waals surface area contributed by atoms with Crippen molar-refractivity contribution in [2.24, 2.45) is 0 Å². The maximum Gasteiger partial charge on any atom is 0.322 e. The lowest BCUT2D eigenvalue weighted by atomic mass is 9.86. The highest BCUT2D eigenvalue weighted by molar-refractivity contribution is 5.96. The third kappa shape index (κ3) is 3.18. The van der Waals surface area contributed by atoms with Gasteiger partial charge in [-0.15, -0.1) is 0 Å². The van der Waals surface area contributed by atoms with Crippen LogP contribution in [0.5, 0.6) is 0 Å². The Bertz CT molecular complexity index is 364. The number of methoxy groups -OCH3 is 1. The van der Waals surface area contributed by atoms with Gasteiger partial charge < -0.3 is 25.4 Å².